The number of thioether (sulfide) groups is 1. The lowest BCUT2D eigenvalue weighted by atomic mass is 10.0. The van der Waals surface area contributed by atoms with Crippen LogP contribution >= 0.6 is 34.7 Å². The third-order valence-electron chi connectivity index (χ3n) is 6.62. The number of halogens is 4. The molecular weight excluding hydrogens is 601 g/mol. The number of carboxylic acid groups (broad SMARTS) is 1. The Hall–Kier alpha value is -3.29. The zero-order valence-corrected chi connectivity index (χ0v) is 24.4. The number of rotatable bonds is 8. The van der Waals surface area contributed by atoms with Crippen LogP contribution in [-0.4, -0.2) is 45.0 Å². The van der Waals surface area contributed by atoms with Gasteiger partial charge in [-0.25, -0.2) is 4.98 Å². The number of fused-ring (bicyclic) bond motifs is 3. The van der Waals surface area contributed by atoms with Gasteiger partial charge in [-0.05, 0) is 43.2 Å². The maximum atomic E-state index is 14.3. The first-order valence-electron chi connectivity index (χ1n) is 12.4. The number of carboxylic acids is 1. The molecule has 0 aliphatic carbocycles. The minimum atomic E-state index is -4.77. The fourth-order valence-corrected chi connectivity index (χ4v) is 7.77. The van der Waals surface area contributed by atoms with Crippen LogP contribution in [0.4, 0.5) is 13.2 Å². The van der Waals surface area contributed by atoms with Crippen LogP contribution in [0.25, 0.3) is 5.69 Å². The van der Waals surface area contributed by atoms with Crippen molar-refractivity contribution in [3.63, 3.8) is 0 Å². The van der Waals surface area contributed by atoms with Crippen molar-refractivity contribution >= 4 is 40.7 Å². The fourth-order valence-electron chi connectivity index (χ4n) is 4.85. The highest BCUT2D eigenvalue weighted by Crippen LogP contribution is 2.54. The Morgan fingerprint density at radius 2 is 1.93 bits per heavy atom. The minimum absolute atomic E-state index is 0.0440. The average molecular weight is 625 g/mol. The number of carbonyl (C=O) groups is 1. The van der Waals surface area contributed by atoms with Gasteiger partial charge in [-0.3, -0.25) is 9.36 Å². The molecule has 0 bridgehead atoms. The number of benzene rings is 2. The predicted octanol–water partition coefficient (Wildman–Crippen LogP) is 6.86. The van der Waals surface area contributed by atoms with Crippen LogP contribution in [0.15, 0.2) is 36.4 Å². The molecule has 4 aromatic rings. The Balaban J connectivity index is 1.69. The number of aromatic nitrogens is 4. The Morgan fingerprint density at radius 1 is 1.15 bits per heavy atom. The summed E-state index contributed by atoms with van der Waals surface area (Å²) in [5, 5.41) is 16.6. The third kappa shape index (κ3) is 5.75. The van der Waals surface area contributed by atoms with E-state index in [1.807, 2.05) is 6.07 Å². The summed E-state index contributed by atoms with van der Waals surface area (Å²) in [5.74, 6) is -1.01. The fraction of sp³-hybridized carbons (Fsp3) is 0.333. The first kappa shape index (κ1) is 29.2. The summed E-state index contributed by atoms with van der Waals surface area (Å²) in [6.07, 6.45) is -4.26. The first-order chi connectivity index (χ1) is 19.5. The van der Waals surface area contributed by atoms with Gasteiger partial charge in [0, 0.05) is 21.9 Å². The maximum Gasteiger partial charge on any atom is 0.452 e. The smallest absolute Gasteiger partial charge is 0.452 e. The summed E-state index contributed by atoms with van der Waals surface area (Å²) in [4.78, 5) is 16.6. The number of aryl methyl sites for hydroxylation is 2. The Labute approximate surface area is 246 Å². The lowest BCUT2D eigenvalue weighted by Crippen LogP contribution is -2.16. The molecule has 0 radical (unpaired) electrons. The van der Waals surface area contributed by atoms with Gasteiger partial charge >= 0.3 is 12.1 Å². The van der Waals surface area contributed by atoms with Crippen molar-refractivity contribution < 1.29 is 32.5 Å². The van der Waals surface area contributed by atoms with Crippen molar-refractivity contribution in [2.75, 3.05) is 14.2 Å². The van der Waals surface area contributed by atoms with Gasteiger partial charge in [0.2, 0.25) is 5.82 Å². The van der Waals surface area contributed by atoms with Crippen molar-refractivity contribution in [2.24, 2.45) is 0 Å². The van der Waals surface area contributed by atoms with Crippen molar-refractivity contribution in [1.82, 2.24) is 19.7 Å². The number of hydrogen-bond acceptors (Lipinski definition) is 8. The first-order valence-corrected chi connectivity index (χ1v) is 14.5. The highest BCUT2D eigenvalue weighted by molar-refractivity contribution is 8.00. The highest BCUT2D eigenvalue weighted by Gasteiger charge is 2.43. The summed E-state index contributed by atoms with van der Waals surface area (Å²) in [5.41, 5.74) is 2.17. The van der Waals surface area contributed by atoms with E-state index in [1.165, 1.54) is 43.4 Å². The largest absolute Gasteiger partial charge is 0.493 e. The molecule has 2 atom stereocenters. The molecule has 0 saturated carbocycles. The molecule has 0 saturated heterocycles. The minimum Gasteiger partial charge on any atom is -0.493 e. The molecule has 8 nitrogen and oxygen atoms in total. The molecule has 1 aliphatic heterocycles. The van der Waals surface area contributed by atoms with Crippen LogP contribution in [0.2, 0.25) is 5.02 Å². The van der Waals surface area contributed by atoms with E-state index in [0.717, 1.165) is 9.44 Å². The number of ether oxygens (including phenoxy) is 2. The van der Waals surface area contributed by atoms with Gasteiger partial charge in [-0.1, -0.05) is 23.7 Å². The number of thiazole rings is 1. The Kier molecular flexibility index (Phi) is 8.22. The van der Waals surface area contributed by atoms with E-state index in [0.29, 0.717) is 44.8 Å². The molecule has 0 amide bonds. The van der Waals surface area contributed by atoms with Crippen molar-refractivity contribution in [2.45, 2.75) is 42.9 Å². The van der Waals surface area contributed by atoms with Gasteiger partial charge in [0.1, 0.15) is 0 Å². The van der Waals surface area contributed by atoms with Crippen molar-refractivity contribution in [3.05, 3.63) is 79.8 Å². The van der Waals surface area contributed by atoms with E-state index in [9.17, 15) is 18.0 Å². The number of alkyl halides is 3. The second-order valence-electron chi connectivity index (χ2n) is 9.22. The molecule has 41 heavy (non-hydrogen) atoms. The van der Waals surface area contributed by atoms with Gasteiger partial charge in [0.05, 0.1) is 47.5 Å². The molecule has 1 aliphatic rings. The standard InChI is InChI=1S/C27H24ClF3N4O4S2/c1-13-19(9-10-22(36)37)40-21(32-13)12-20-25-33-34-26(27(29,30)31)35(25)17-8-7-14(28)11-16(17)24(41-20)15-5-4-6-18(38-2)23(15)39-3/h4-8,11,20,24H,9-10,12H2,1-3H3,(H,36,37)/t20-,24-/m1/s1. The van der Waals surface area contributed by atoms with Gasteiger partial charge in [-0.2, -0.15) is 13.2 Å². The van der Waals surface area contributed by atoms with Crippen LogP contribution < -0.4 is 9.47 Å². The monoisotopic (exact) mass is 624 g/mol. The van der Waals surface area contributed by atoms with Gasteiger partial charge in [0.25, 0.3) is 0 Å². The zero-order chi connectivity index (χ0) is 29.5. The van der Waals surface area contributed by atoms with Gasteiger partial charge < -0.3 is 14.6 Å². The second-order valence-corrected chi connectivity index (χ2v) is 12.1. The quantitative estimate of drug-likeness (QED) is 0.227. The molecular formula is C27H24ClF3N4O4S2. The molecule has 0 spiro atoms. The second kappa shape index (κ2) is 11.5. The molecule has 5 rings (SSSR count). The molecule has 216 valence electrons. The van der Waals surface area contributed by atoms with E-state index >= 15 is 0 Å². The lowest BCUT2D eigenvalue weighted by molar-refractivity contribution is -0.146. The predicted molar refractivity (Wildman–Crippen MR) is 150 cm³/mol. The maximum absolute atomic E-state index is 14.3. The molecule has 0 fully saturated rings. The number of para-hydroxylation sites is 1. The number of methoxy groups -OCH3 is 2. The van der Waals surface area contributed by atoms with E-state index in [2.05, 4.69) is 15.2 Å². The highest BCUT2D eigenvalue weighted by atomic mass is 35.5. The number of aliphatic carboxylic acids is 1. The Morgan fingerprint density at radius 3 is 2.61 bits per heavy atom. The van der Waals surface area contributed by atoms with E-state index in [1.54, 1.807) is 31.2 Å². The molecule has 0 unspecified atom stereocenters. The number of hydrogen-bond donors (Lipinski definition) is 1. The summed E-state index contributed by atoms with van der Waals surface area (Å²) in [7, 11) is 3.02. The molecule has 2 aromatic heterocycles. The Bertz CT molecular complexity index is 1610. The van der Waals surface area contributed by atoms with Crippen LogP contribution in [0.3, 0.4) is 0 Å². The van der Waals surface area contributed by atoms with Crippen LogP contribution in [0.1, 0.15) is 55.3 Å². The molecule has 14 heteroatoms. The summed E-state index contributed by atoms with van der Waals surface area (Å²) in [6, 6.07) is 10.1. The SMILES string of the molecule is COc1cccc([C@H]2S[C@H](Cc3nc(C)c(CCC(=O)O)s3)c3nnc(C(F)(F)F)n3-c3ccc(Cl)cc32)c1OC. The summed E-state index contributed by atoms with van der Waals surface area (Å²) >= 11 is 9.15. The zero-order valence-electron chi connectivity index (χ0n) is 22.0. The van der Waals surface area contributed by atoms with Crippen LogP contribution in [0, 0.1) is 6.92 Å². The van der Waals surface area contributed by atoms with E-state index in [-0.39, 0.29) is 24.4 Å². The topological polar surface area (TPSA) is 99.4 Å². The van der Waals surface area contributed by atoms with Gasteiger partial charge in [0.15, 0.2) is 17.3 Å². The van der Waals surface area contributed by atoms with E-state index in [4.69, 9.17) is 26.2 Å². The summed E-state index contributed by atoms with van der Waals surface area (Å²) < 4.78 is 55.1. The number of nitrogens with zero attached hydrogens (tertiary/aromatic N) is 4. The van der Waals surface area contributed by atoms with Gasteiger partial charge in [-0.15, -0.1) is 33.3 Å². The molecule has 1 N–H and O–H groups in total. The normalized spacial score (nSPS) is 16.6. The third-order valence-corrected chi connectivity index (χ3v) is 9.58. The van der Waals surface area contributed by atoms with E-state index < -0.39 is 28.5 Å². The molecule has 2 aromatic carbocycles. The molecule has 3 heterocycles. The van der Waals surface area contributed by atoms with Crippen molar-refractivity contribution in [1.29, 1.82) is 0 Å². The van der Waals surface area contributed by atoms with Crippen LogP contribution in [0.5, 0.6) is 11.5 Å². The average Bonchev–Trinajstić information content (AvgIpc) is 3.49. The van der Waals surface area contributed by atoms with Crippen molar-refractivity contribution in [3.8, 4) is 17.2 Å². The van der Waals surface area contributed by atoms with Crippen LogP contribution in [-0.2, 0) is 23.8 Å². The lowest BCUT2D eigenvalue weighted by Gasteiger charge is -2.23. The summed E-state index contributed by atoms with van der Waals surface area (Å²) in [6.45, 7) is 1.80.